The van der Waals surface area contributed by atoms with Crippen molar-refractivity contribution >= 4 is 11.9 Å². The number of amides is 1. The Balaban J connectivity index is 0. The van der Waals surface area contributed by atoms with Gasteiger partial charge in [0, 0.05) is 0 Å². The van der Waals surface area contributed by atoms with Gasteiger partial charge >= 0.3 is 5.92 Å². The summed E-state index contributed by atoms with van der Waals surface area (Å²) in [4.78, 5) is 18.8. The molecule has 0 saturated carbocycles. The van der Waals surface area contributed by atoms with Crippen molar-refractivity contribution in [3.05, 3.63) is 0 Å². The van der Waals surface area contributed by atoms with Crippen LogP contribution >= 0.6 is 0 Å². The van der Waals surface area contributed by atoms with Crippen LogP contribution in [0.3, 0.4) is 0 Å². The van der Waals surface area contributed by atoms with Crippen molar-refractivity contribution in [1.29, 1.82) is 0 Å². The Morgan fingerprint density at radius 2 is 1.70 bits per heavy atom. The molecule has 0 aromatic carbocycles. The summed E-state index contributed by atoms with van der Waals surface area (Å²) >= 11 is 0. The van der Waals surface area contributed by atoms with Crippen LogP contribution in [0, 0.1) is 0 Å². The van der Waals surface area contributed by atoms with E-state index < -0.39 is 17.8 Å². The number of alkyl halides is 2. The van der Waals surface area contributed by atoms with Gasteiger partial charge in [0.25, 0.3) is 5.91 Å². The maximum atomic E-state index is 11.5. The smallest absolute Gasteiger partial charge is 0.363 e. The van der Waals surface area contributed by atoms with Gasteiger partial charge in [0.05, 0.1) is 0 Å². The van der Waals surface area contributed by atoms with Crippen LogP contribution in [0.1, 0.15) is 0 Å². The van der Waals surface area contributed by atoms with Crippen molar-refractivity contribution in [2.75, 3.05) is 0 Å². The first-order valence-electron chi connectivity index (χ1n) is 1.78. The largest absolute Gasteiger partial charge is 0.543 e. The third-order valence-electron chi connectivity index (χ3n) is 0.566. The fourth-order valence-corrected chi connectivity index (χ4v) is 0.101. The maximum Gasteiger partial charge on any atom is 0.363 e. The summed E-state index contributed by atoms with van der Waals surface area (Å²) < 4.78 is 23.1. The molecule has 0 aliphatic rings. The van der Waals surface area contributed by atoms with Crippen LogP contribution in [0.4, 0.5) is 8.78 Å². The minimum absolute atomic E-state index is 0. The van der Waals surface area contributed by atoms with Gasteiger partial charge < -0.3 is 21.8 Å². The lowest BCUT2D eigenvalue weighted by Crippen LogP contribution is -2.50. The van der Waals surface area contributed by atoms with Gasteiger partial charge in [0.1, 0.15) is 5.97 Å². The number of halogens is 2. The molecule has 0 fully saturated rings. The highest BCUT2D eigenvalue weighted by Gasteiger charge is 2.38. The molecule has 0 aliphatic carbocycles. The second kappa shape index (κ2) is 3.06. The van der Waals surface area contributed by atoms with Crippen molar-refractivity contribution in [1.82, 2.24) is 6.15 Å². The van der Waals surface area contributed by atoms with E-state index in [9.17, 15) is 23.5 Å². The molecule has 0 spiro atoms. The molecule has 0 atom stereocenters. The van der Waals surface area contributed by atoms with Gasteiger partial charge in [-0.05, 0) is 0 Å². The number of hydrogen-bond donors (Lipinski definition) is 2. The molecule has 60 valence electrons. The normalized spacial score (nSPS) is 9.80. The topological polar surface area (TPSA) is 120 Å². The van der Waals surface area contributed by atoms with Crippen LogP contribution in [0.25, 0.3) is 0 Å². The van der Waals surface area contributed by atoms with Crippen molar-refractivity contribution in [3.8, 4) is 0 Å². The monoisotopic (exact) mass is 156 g/mol. The Bertz CT molecular complexity index is 142. The molecule has 0 unspecified atom stereocenters. The summed E-state index contributed by atoms with van der Waals surface area (Å²) in [6.45, 7) is 0. The van der Waals surface area contributed by atoms with Gasteiger partial charge in [-0.25, -0.2) is 0 Å². The molecular weight excluding hydrogens is 150 g/mol. The number of carbonyl (C=O) groups is 2. The van der Waals surface area contributed by atoms with Crippen molar-refractivity contribution in [2.45, 2.75) is 5.92 Å². The van der Waals surface area contributed by atoms with E-state index in [0.29, 0.717) is 0 Å². The molecule has 0 aromatic rings. The minimum Gasteiger partial charge on any atom is -0.543 e. The zero-order valence-corrected chi connectivity index (χ0v) is 5.06. The van der Waals surface area contributed by atoms with Gasteiger partial charge in [-0.15, -0.1) is 0 Å². The lowest BCUT2D eigenvalue weighted by Gasteiger charge is -2.11. The number of hydrogen-bond acceptors (Lipinski definition) is 3. The minimum atomic E-state index is -4.56. The van der Waals surface area contributed by atoms with Gasteiger partial charge in [-0.2, -0.15) is 8.78 Å². The number of quaternary nitrogens is 1. The molecule has 0 bridgehead atoms. The molecule has 0 aliphatic heterocycles. The van der Waals surface area contributed by atoms with Crippen LogP contribution in [-0.4, -0.2) is 17.8 Å². The first kappa shape index (κ1) is 11.5. The SMILES string of the molecule is NC(=O)C(F)(F)C(=O)[O-].[NH4+]. The summed E-state index contributed by atoms with van der Waals surface area (Å²) in [5, 5.41) is 9.30. The number of nitrogens with two attached hydrogens (primary N) is 1. The lowest BCUT2D eigenvalue weighted by molar-refractivity contribution is -0.325. The van der Waals surface area contributed by atoms with Crippen LogP contribution in [0.2, 0.25) is 0 Å². The zero-order valence-electron chi connectivity index (χ0n) is 5.06. The van der Waals surface area contributed by atoms with E-state index in [4.69, 9.17) is 0 Å². The average molecular weight is 156 g/mol. The van der Waals surface area contributed by atoms with E-state index in [2.05, 4.69) is 5.73 Å². The maximum absolute atomic E-state index is 11.5. The lowest BCUT2D eigenvalue weighted by atomic mass is 10.3. The first-order chi connectivity index (χ1) is 3.89. The van der Waals surface area contributed by atoms with E-state index in [1.54, 1.807) is 0 Å². The summed E-state index contributed by atoms with van der Waals surface area (Å²) in [5.41, 5.74) is 3.96. The van der Waals surface area contributed by atoms with E-state index in [1.807, 2.05) is 0 Å². The third-order valence-corrected chi connectivity index (χ3v) is 0.566. The quantitative estimate of drug-likeness (QED) is 0.460. The van der Waals surface area contributed by atoms with Gasteiger partial charge in [0.2, 0.25) is 0 Å². The number of carbonyl (C=O) groups excluding carboxylic acids is 2. The average Bonchev–Trinajstić information content (AvgIpc) is 1.65. The first-order valence-corrected chi connectivity index (χ1v) is 1.78. The van der Waals surface area contributed by atoms with Gasteiger partial charge in [-0.3, -0.25) is 4.79 Å². The summed E-state index contributed by atoms with van der Waals surface area (Å²) in [7, 11) is 0. The fourth-order valence-electron chi connectivity index (χ4n) is 0.101. The van der Waals surface area contributed by atoms with E-state index in [0.717, 1.165) is 0 Å². The van der Waals surface area contributed by atoms with E-state index >= 15 is 0 Å². The highest BCUT2D eigenvalue weighted by Crippen LogP contribution is 2.09. The second-order valence-electron chi connectivity index (χ2n) is 1.23. The molecule has 10 heavy (non-hydrogen) atoms. The van der Waals surface area contributed by atoms with Gasteiger partial charge in [-0.1, -0.05) is 0 Å². The highest BCUT2D eigenvalue weighted by molar-refractivity contribution is 6.01. The molecule has 0 heterocycles. The molecule has 0 radical (unpaired) electrons. The van der Waals surface area contributed by atoms with Gasteiger partial charge in [0.15, 0.2) is 0 Å². The Morgan fingerprint density at radius 1 is 1.40 bits per heavy atom. The van der Waals surface area contributed by atoms with E-state index in [-0.39, 0.29) is 6.15 Å². The van der Waals surface area contributed by atoms with E-state index in [1.165, 1.54) is 0 Å². The van der Waals surface area contributed by atoms with Crippen LogP contribution in [0.5, 0.6) is 0 Å². The number of primary amides is 1. The summed E-state index contributed by atoms with van der Waals surface area (Å²) in [6.07, 6.45) is 0. The summed E-state index contributed by atoms with van der Waals surface area (Å²) in [5.74, 6) is -9.56. The molecule has 0 aromatic heterocycles. The Hall–Kier alpha value is -1.24. The molecule has 7 heteroatoms. The predicted molar refractivity (Wildman–Crippen MR) is 25.1 cm³/mol. The van der Waals surface area contributed by atoms with Crippen LogP contribution in [0.15, 0.2) is 0 Å². The molecular formula is C3H6F2N2O3. The number of carboxylic acid groups (broad SMARTS) is 1. The Kier molecular flexibility index (Phi) is 3.54. The van der Waals surface area contributed by atoms with Crippen molar-refractivity contribution in [2.24, 2.45) is 5.73 Å². The van der Waals surface area contributed by atoms with Crippen molar-refractivity contribution < 1.29 is 23.5 Å². The summed E-state index contributed by atoms with van der Waals surface area (Å²) in [6, 6.07) is 0. The molecule has 6 N–H and O–H groups in total. The highest BCUT2D eigenvalue weighted by atomic mass is 19.3. The molecule has 0 rings (SSSR count). The zero-order chi connectivity index (χ0) is 7.65. The number of rotatable bonds is 2. The number of carboxylic acids is 1. The standard InChI is InChI=1S/C3H3F2NO3.H3N/c4-3(5,1(6)7)2(8)9;/h(H2,6,7)(H,8,9);1H3. The number of aliphatic carboxylic acids is 1. The Morgan fingerprint density at radius 3 is 1.70 bits per heavy atom. The predicted octanol–water partition coefficient (Wildman–Crippen LogP) is -1.77. The Labute approximate surface area is 54.4 Å². The second-order valence-corrected chi connectivity index (χ2v) is 1.23. The van der Waals surface area contributed by atoms with Crippen molar-refractivity contribution in [3.63, 3.8) is 0 Å². The molecule has 5 nitrogen and oxygen atoms in total. The molecule has 0 saturated heterocycles. The third kappa shape index (κ3) is 1.94. The molecule has 1 amide bonds. The van der Waals surface area contributed by atoms with Crippen LogP contribution in [-0.2, 0) is 9.59 Å². The van der Waals surface area contributed by atoms with Crippen LogP contribution < -0.4 is 17.0 Å². The fraction of sp³-hybridized carbons (Fsp3) is 0.333.